The van der Waals surface area contributed by atoms with Crippen LogP contribution in [0.2, 0.25) is 0 Å². The van der Waals surface area contributed by atoms with Crippen molar-refractivity contribution >= 4 is 70.1 Å². The van der Waals surface area contributed by atoms with Crippen molar-refractivity contribution in [2.75, 3.05) is 4.90 Å². The zero-order valence-corrected chi connectivity index (χ0v) is 30.0. The van der Waals surface area contributed by atoms with Crippen molar-refractivity contribution in [3.05, 3.63) is 175 Å². The fraction of sp³-hybridized carbons (Fsp3) is 0.120. The molecule has 0 atom stereocenters. The average Bonchev–Trinajstić information content (AvgIpc) is 3.59. The highest BCUT2D eigenvalue weighted by molar-refractivity contribution is 7.25. The number of anilines is 3. The van der Waals surface area contributed by atoms with E-state index in [2.05, 4.69) is 175 Å². The van der Waals surface area contributed by atoms with Gasteiger partial charge in [0.15, 0.2) is 0 Å². The zero-order chi connectivity index (χ0) is 34.4. The Morgan fingerprint density at radius 1 is 0.423 bits per heavy atom. The number of nitrogens with zero attached hydrogens (tertiary/aromatic N) is 1. The van der Waals surface area contributed by atoms with Gasteiger partial charge >= 0.3 is 0 Å². The molecule has 1 nitrogen and oxygen atoms in total. The van der Waals surface area contributed by atoms with E-state index in [4.69, 9.17) is 0 Å². The molecule has 0 unspecified atom stereocenters. The summed E-state index contributed by atoms with van der Waals surface area (Å²) in [5.74, 6) is 0.700. The van der Waals surface area contributed by atoms with E-state index >= 15 is 0 Å². The third-order valence-corrected chi connectivity index (χ3v) is 12.4. The molecule has 0 N–H and O–H groups in total. The largest absolute Gasteiger partial charge is 0.310 e. The van der Waals surface area contributed by atoms with Gasteiger partial charge in [0.2, 0.25) is 0 Å². The Kier molecular flexibility index (Phi) is 7.84. The molecule has 8 aromatic carbocycles. The highest BCUT2D eigenvalue weighted by Crippen LogP contribution is 2.43. The van der Waals surface area contributed by atoms with Crippen LogP contribution in [-0.4, -0.2) is 0 Å². The summed E-state index contributed by atoms with van der Waals surface area (Å²) < 4.78 is 2.64. The van der Waals surface area contributed by atoms with E-state index < -0.39 is 0 Å². The van der Waals surface area contributed by atoms with Crippen LogP contribution in [0.4, 0.5) is 17.1 Å². The van der Waals surface area contributed by atoms with Gasteiger partial charge < -0.3 is 4.90 Å². The number of benzene rings is 8. The fourth-order valence-corrected chi connectivity index (χ4v) is 9.75. The van der Waals surface area contributed by atoms with Gasteiger partial charge in [0.1, 0.15) is 0 Å². The van der Waals surface area contributed by atoms with Crippen LogP contribution in [-0.2, 0) is 0 Å². The highest BCUT2D eigenvalue weighted by atomic mass is 32.1. The Labute approximate surface area is 309 Å². The van der Waals surface area contributed by atoms with Gasteiger partial charge in [-0.15, -0.1) is 11.3 Å². The van der Waals surface area contributed by atoms with Crippen molar-refractivity contribution in [1.29, 1.82) is 0 Å². The molecule has 250 valence electrons. The summed E-state index contributed by atoms with van der Waals surface area (Å²) in [6, 6.07) is 63.2. The van der Waals surface area contributed by atoms with Crippen molar-refractivity contribution in [3.63, 3.8) is 0 Å². The normalized spacial score (nSPS) is 13.7. The second-order valence-corrected chi connectivity index (χ2v) is 15.4. The Hall–Kier alpha value is -5.70. The topological polar surface area (TPSA) is 3.24 Å². The maximum absolute atomic E-state index is 2.45. The van der Waals surface area contributed by atoms with E-state index in [0.29, 0.717) is 5.92 Å². The lowest BCUT2D eigenvalue weighted by atomic mass is 9.83. The Morgan fingerprint density at radius 2 is 1.06 bits per heavy atom. The Balaban J connectivity index is 1.09. The first-order chi connectivity index (χ1) is 25.8. The van der Waals surface area contributed by atoms with Crippen LogP contribution in [0.15, 0.2) is 170 Å². The van der Waals surface area contributed by atoms with Crippen molar-refractivity contribution in [2.45, 2.75) is 38.0 Å². The van der Waals surface area contributed by atoms with Crippen LogP contribution >= 0.6 is 11.3 Å². The quantitative estimate of drug-likeness (QED) is 0.168. The average molecular weight is 686 g/mol. The fourth-order valence-electron chi connectivity index (χ4n) is 8.61. The first-order valence-corrected chi connectivity index (χ1v) is 19.5. The van der Waals surface area contributed by atoms with Gasteiger partial charge in [0.05, 0.1) is 0 Å². The minimum absolute atomic E-state index is 0.700. The first-order valence-electron chi connectivity index (χ1n) is 18.7. The van der Waals surface area contributed by atoms with Crippen molar-refractivity contribution in [3.8, 4) is 22.3 Å². The molecule has 0 aliphatic heterocycles. The summed E-state index contributed by atoms with van der Waals surface area (Å²) in [5, 5.41) is 7.80. The molecule has 1 aliphatic rings. The molecular weight excluding hydrogens is 647 g/mol. The van der Waals surface area contributed by atoms with Crippen LogP contribution in [0, 0.1) is 0 Å². The van der Waals surface area contributed by atoms with E-state index in [0.717, 1.165) is 5.69 Å². The molecule has 0 bridgehead atoms. The second-order valence-electron chi connectivity index (χ2n) is 14.4. The summed E-state index contributed by atoms with van der Waals surface area (Å²) >= 11 is 1.87. The monoisotopic (exact) mass is 685 g/mol. The molecule has 2 heteroatoms. The van der Waals surface area contributed by atoms with Crippen molar-refractivity contribution < 1.29 is 0 Å². The first kappa shape index (κ1) is 31.1. The molecule has 1 aliphatic carbocycles. The molecule has 1 saturated carbocycles. The molecule has 0 amide bonds. The second kappa shape index (κ2) is 13.1. The predicted octanol–water partition coefficient (Wildman–Crippen LogP) is 15.2. The number of hydrogen-bond donors (Lipinski definition) is 0. The lowest BCUT2D eigenvalue weighted by Crippen LogP contribution is -2.10. The molecule has 1 heterocycles. The summed E-state index contributed by atoms with van der Waals surface area (Å²) in [4.78, 5) is 2.43. The van der Waals surface area contributed by atoms with Gasteiger partial charge in [0, 0.05) is 37.2 Å². The Morgan fingerprint density at radius 3 is 1.87 bits per heavy atom. The van der Waals surface area contributed by atoms with E-state index in [9.17, 15) is 0 Å². The maximum Gasteiger partial charge on any atom is 0.0476 e. The number of hydrogen-bond acceptors (Lipinski definition) is 2. The summed E-state index contributed by atoms with van der Waals surface area (Å²) in [6.07, 6.45) is 6.73. The van der Waals surface area contributed by atoms with E-state index in [-0.39, 0.29) is 0 Å². The van der Waals surface area contributed by atoms with Crippen LogP contribution < -0.4 is 4.90 Å². The predicted molar refractivity (Wildman–Crippen MR) is 226 cm³/mol. The highest BCUT2D eigenvalue weighted by Gasteiger charge is 2.19. The molecule has 10 rings (SSSR count). The number of fused-ring (bicyclic) bond motifs is 5. The smallest absolute Gasteiger partial charge is 0.0476 e. The lowest BCUT2D eigenvalue weighted by molar-refractivity contribution is 0.444. The van der Waals surface area contributed by atoms with Gasteiger partial charge in [-0.25, -0.2) is 0 Å². The van der Waals surface area contributed by atoms with Gasteiger partial charge in [-0.05, 0) is 111 Å². The van der Waals surface area contributed by atoms with Gasteiger partial charge in [0.25, 0.3) is 0 Å². The standard InChI is InChI=1S/C50H39NS/c1-3-11-34(12-4-1)38-21-22-40-32-42(28-25-39(40)31-38)51(43-29-30-47-46-17-7-8-20-48(46)52-49(47)33-43)41-26-23-36(24-27-41)45-19-10-16-37-15-9-18-44(50(37)45)35-13-5-2-6-14-35/h2,5-10,13-34H,1,3-4,11-12H2. The summed E-state index contributed by atoms with van der Waals surface area (Å²) in [5.41, 5.74) is 9.95. The van der Waals surface area contributed by atoms with Crippen molar-refractivity contribution in [2.24, 2.45) is 0 Å². The van der Waals surface area contributed by atoms with Crippen LogP contribution in [0.3, 0.4) is 0 Å². The molecular formula is C50H39NS. The third kappa shape index (κ3) is 5.55. The van der Waals surface area contributed by atoms with Gasteiger partial charge in [-0.2, -0.15) is 0 Å². The van der Waals surface area contributed by atoms with Gasteiger partial charge in [-0.1, -0.05) is 147 Å². The Bertz CT molecular complexity index is 2710. The van der Waals surface area contributed by atoms with Gasteiger partial charge in [-0.3, -0.25) is 0 Å². The van der Waals surface area contributed by atoms with Crippen LogP contribution in [0.25, 0.3) is 64.0 Å². The zero-order valence-electron chi connectivity index (χ0n) is 29.1. The minimum Gasteiger partial charge on any atom is -0.310 e. The molecule has 0 radical (unpaired) electrons. The van der Waals surface area contributed by atoms with Crippen LogP contribution in [0.5, 0.6) is 0 Å². The van der Waals surface area contributed by atoms with E-state index in [1.165, 1.54) is 113 Å². The molecule has 1 fully saturated rings. The molecule has 1 aromatic heterocycles. The summed E-state index contributed by atoms with van der Waals surface area (Å²) in [7, 11) is 0. The summed E-state index contributed by atoms with van der Waals surface area (Å²) in [6.45, 7) is 0. The molecule has 9 aromatic rings. The van der Waals surface area contributed by atoms with Crippen molar-refractivity contribution in [1.82, 2.24) is 0 Å². The lowest BCUT2D eigenvalue weighted by Gasteiger charge is -2.26. The molecule has 52 heavy (non-hydrogen) atoms. The third-order valence-electron chi connectivity index (χ3n) is 11.2. The maximum atomic E-state index is 2.45. The minimum atomic E-state index is 0.700. The number of thiophene rings is 1. The molecule has 0 saturated heterocycles. The van der Waals surface area contributed by atoms with Crippen LogP contribution in [0.1, 0.15) is 43.6 Å². The SMILES string of the molecule is c1ccc(-c2cccc3cccc(-c4ccc(N(c5ccc6cc(C7CCCCC7)ccc6c5)c5ccc6c(c5)sc5ccccc56)cc4)c23)cc1. The van der Waals surface area contributed by atoms with E-state index in [1.54, 1.807) is 0 Å². The number of rotatable bonds is 6. The van der Waals surface area contributed by atoms with E-state index in [1.807, 2.05) is 11.3 Å². The molecule has 0 spiro atoms.